The van der Waals surface area contributed by atoms with Crippen LogP contribution in [0.25, 0.3) is 0 Å². The van der Waals surface area contributed by atoms with Crippen LogP contribution in [0.2, 0.25) is 5.02 Å². The number of benzene rings is 1. The molecule has 0 fully saturated rings. The summed E-state index contributed by atoms with van der Waals surface area (Å²) in [4.78, 5) is 12.0. The van der Waals surface area contributed by atoms with Gasteiger partial charge in [-0.2, -0.15) is 9.40 Å². The van der Waals surface area contributed by atoms with Gasteiger partial charge in [-0.15, -0.1) is 0 Å². The first kappa shape index (κ1) is 17.9. The van der Waals surface area contributed by atoms with Crippen LogP contribution in [0.15, 0.2) is 30.3 Å². The molecule has 0 aliphatic carbocycles. The summed E-state index contributed by atoms with van der Waals surface area (Å²) in [6, 6.07) is 9.01. The van der Waals surface area contributed by atoms with E-state index in [0.717, 1.165) is 11.3 Å². The zero-order valence-corrected chi connectivity index (χ0v) is 15.3. The largest absolute Gasteiger partial charge is 0.350 e. The zero-order valence-electron chi connectivity index (χ0n) is 13.8. The van der Waals surface area contributed by atoms with Crippen molar-refractivity contribution in [2.75, 3.05) is 12.8 Å². The number of rotatable bonds is 5. The molecule has 2 aromatic rings. The Bertz CT molecular complexity index is 895. The molecule has 0 spiro atoms. The molecule has 1 aliphatic heterocycles. The number of hydrogen-bond donors (Lipinski definition) is 1. The van der Waals surface area contributed by atoms with E-state index in [2.05, 4.69) is 10.4 Å². The molecule has 1 aromatic heterocycles. The quantitative estimate of drug-likeness (QED) is 0.841. The lowest BCUT2D eigenvalue weighted by atomic mass is 10.1. The van der Waals surface area contributed by atoms with E-state index in [1.165, 1.54) is 10.6 Å². The summed E-state index contributed by atoms with van der Waals surface area (Å²) < 4.78 is 26.5. The lowest BCUT2D eigenvalue weighted by Gasteiger charge is -2.25. The Labute approximate surface area is 151 Å². The Morgan fingerprint density at radius 2 is 2.12 bits per heavy atom. The Balaban J connectivity index is 1.58. The van der Waals surface area contributed by atoms with Gasteiger partial charge in [-0.1, -0.05) is 23.7 Å². The van der Waals surface area contributed by atoms with Crippen LogP contribution in [0, 0.1) is 0 Å². The van der Waals surface area contributed by atoms with Crippen LogP contribution in [0.1, 0.15) is 17.0 Å². The summed E-state index contributed by atoms with van der Waals surface area (Å²) in [6.45, 7) is 1.54. The standard InChI is InChI=1S/C16H19ClN4O3S/c1-25(23,24)20-5-6-21-15(11-20)9-14(19-21)10-18-16(22)8-12-3-2-4-13(17)7-12/h2-4,7,9H,5-6,8,10-11H2,1H3,(H,18,22). The molecule has 3 rings (SSSR count). The van der Waals surface area contributed by atoms with Crippen molar-refractivity contribution in [3.05, 3.63) is 52.3 Å². The minimum atomic E-state index is -3.21. The third kappa shape index (κ3) is 4.59. The summed E-state index contributed by atoms with van der Waals surface area (Å²) in [7, 11) is -3.21. The van der Waals surface area contributed by atoms with Crippen molar-refractivity contribution in [2.24, 2.45) is 0 Å². The van der Waals surface area contributed by atoms with Gasteiger partial charge in [-0.25, -0.2) is 8.42 Å². The molecule has 0 saturated carbocycles. The minimum Gasteiger partial charge on any atom is -0.350 e. The fourth-order valence-corrected chi connectivity index (χ4v) is 3.75. The Morgan fingerprint density at radius 1 is 1.32 bits per heavy atom. The molecular formula is C16H19ClN4O3S. The zero-order chi connectivity index (χ0) is 18.0. The highest BCUT2D eigenvalue weighted by Crippen LogP contribution is 2.16. The first-order valence-corrected chi connectivity index (χ1v) is 10.1. The lowest BCUT2D eigenvalue weighted by Crippen LogP contribution is -2.37. The van der Waals surface area contributed by atoms with Crippen LogP contribution in [0.4, 0.5) is 0 Å². The highest BCUT2D eigenvalue weighted by molar-refractivity contribution is 7.88. The number of sulfonamides is 1. The van der Waals surface area contributed by atoms with Gasteiger partial charge in [0.15, 0.2) is 0 Å². The predicted octanol–water partition coefficient (Wildman–Crippen LogP) is 1.17. The fourth-order valence-electron chi connectivity index (χ4n) is 2.76. The maximum Gasteiger partial charge on any atom is 0.224 e. The molecule has 1 amide bonds. The molecule has 1 aromatic carbocycles. The molecule has 0 atom stereocenters. The van der Waals surface area contributed by atoms with Crippen molar-refractivity contribution >= 4 is 27.5 Å². The number of aromatic nitrogens is 2. The molecule has 25 heavy (non-hydrogen) atoms. The van der Waals surface area contributed by atoms with Crippen LogP contribution >= 0.6 is 11.6 Å². The average molecular weight is 383 g/mol. The van der Waals surface area contributed by atoms with E-state index in [-0.39, 0.29) is 12.3 Å². The average Bonchev–Trinajstić information content (AvgIpc) is 2.94. The maximum absolute atomic E-state index is 12.0. The van der Waals surface area contributed by atoms with Crippen LogP contribution < -0.4 is 5.32 Å². The normalized spacial score (nSPS) is 15.0. The molecule has 0 radical (unpaired) electrons. The monoisotopic (exact) mass is 382 g/mol. The number of hydrogen-bond acceptors (Lipinski definition) is 4. The molecule has 9 heteroatoms. The summed E-state index contributed by atoms with van der Waals surface area (Å²) in [5.74, 6) is -0.119. The fraction of sp³-hybridized carbons (Fsp3) is 0.375. The van der Waals surface area contributed by atoms with E-state index >= 15 is 0 Å². The van der Waals surface area contributed by atoms with E-state index < -0.39 is 10.0 Å². The predicted molar refractivity (Wildman–Crippen MR) is 94.5 cm³/mol. The number of carbonyl (C=O) groups is 1. The van der Waals surface area contributed by atoms with E-state index in [1.54, 1.807) is 16.8 Å². The SMILES string of the molecule is CS(=O)(=O)N1CCn2nc(CNC(=O)Cc3cccc(Cl)c3)cc2C1. The van der Waals surface area contributed by atoms with Crippen LogP contribution in [-0.2, 0) is 40.9 Å². The van der Waals surface area contributed by atoms with Crippen LogP contribution in [0.3, 0.4) is 0 Å². The molecule has 1 aliphatic rings. The lowest BCUT2D eigenvalue weighted by molar-refractivity contribution is -0.120. The smallest absolute Gasteiger partial charge is 0.224 e. The van der Waals surface area contributed by atoms with Gasteiger partial charge in [-0.05, 0) is 23.8 Å². The highest BCUT2D eigenvalue weighted by atomic mass is 35.5. The molecule has 134 valence electrons. The highest BCUT2D eigenvalue weighted by Gasteiger charge is 2.24. The Hall–Kier alpha value is -1.90. The number of fused-ring (bicyclic) bond motifs is 1. The molecule has 7 nitrogen and oxygen atoms in total. The minimum absolute atomic E-state index is 0.119. The van der Waals surface area contributed by atoms with Gasteiger partial charge in [0.25, 0.3) is 0 Å². The third-order valence-electron chi connectivity index (χ3n) is 4.00. The van der Waals surface area contributed by atoms with Crippen molar-refractivity contribution in [2.45, 2.75) is 26.1 Å². The summed E-state index contributed by atoms with van der Waals surface area (Å²) >= 11 is 5.91. The van der Waals surface area contributed by atoms with Crippen molar-refractivity contribution in [1.82, 2.24) is 19.4 Å². The van der Waals surface area contributed by atoms with Gasteiger partial charge in [0.2, 0.25) is 15.9 Å². The van der Waals surface area contributed by atoms with Crippen molar-refractivity contribution < 1.29 is 13.2 Å². The molecule has 0 saturated heterocycles. The second-order valence-electron chi connectivity index (χ2n) is 6.03. The van der Waals surface area contributed by atoms with E-state index in [1.807, 2.05) is 18.2 Å². The first-order valence-electron chi connectivity index (χ1n) is 7.83. The van der Waals surface area contributed by atoms with Gasteiger partial charge in [-0.3, -0.25) is 9.48 Å². The number of amides is 1. The molecule has 0 unspecified atom stereocenters. The van der Waals surface area contributed by atoms with Gasteiger partial charge in [0.1, 0.15) is 0 Å². The molecular weight excluding hydrogens is 364 g/mol. The molecule has 2 heterocycles. The van der Waals surface area contributed by atoms with Gasteiger partial charge in [0.05, 0.1) is 43.7 Å². The number of nitrogens with zero attached hydrogens (tertiary/aromatic N) is 3. The molecule has 1 N–H and O–H groups in total. The van der Waals surface area contributed by atoms with E-state index in [4.69, 9.17) is 11.6 Å². The van der Waals surface area contributed by atoms with Crippen LogP contribution in [-0.4, -0.2) is 41.2 Å². The second-order valence-corrected chi connectivity index (χ2v) is 8.45. The van der Waals surface area contributed by atoms with Gasteiger partial charge in [0, 0.05) is 11.6 Å². The molecule has 0 bridgehead atoms. The summed E-state index contributed by atoms with van der Waals surface area (Å²) in [5.41, 5.74) is 2.39. The summed E-state index contributed by atoms with van der Waals surface area (Å²) in [6.07, 6.45) is 1.45. The Kier molecular flexibility index (Phi) is 5.12. The van der Waals surface area contributed by atoms with Crippen molar-refractivity contribution in [1.29, 1.82) is 0 Å². The number of nitrogens with one attached hydrogen (secondary N) is 1. The number of carbonyl (C=O) groups excluding carboxylic acids is 1. The van der Waals surface area contributed by atoms with Crippen LogP contribution in [0.5, 0.6) is 0 Å². The second kappa shape index (κ2) is 7.15. The maximum atomic E-state index is 12.0. The van der Waals surface area contributed by atoms with Gasteiger partial charge >= 0.3 is 0 Å². The van der Waals surface area contributed by atoms with E-state index in [0.29, 0.717) is 36.9 Å². The van der Waals surface area contributed by atoms with Crippen molar-refractivity contribution in [3.8, 4) is 0 Å². The topological polar surface area (TPSA) is 84.3 Å². The Morgan fingerprint density at radius 3 is 2.84 bits per heavy atom. The van der Waals surface area contributed by atoms with Crippen molar-refractivity contribution in [3.63, 3.8) is 0 Å². The van der Waals surface area contributed by atoms with E-state index in [9.17, 15) is 13.2 Å². The number of halogens is 1. The first-order chi connectivity index (χ1) is 11.8. The third-order valence-corrected chi connectivity index (χ3v) is 5.49. The summed E-state index contributed by atoms with van der Waals surface area (Å²) in [5, 5.41) is 7.85. The van der Waals surface area contributed by atoms with Gasteiger partial charge < -0.3 is 5.32 Å².